The fraction of sp³-hybridized carbons (Fsp3) is 0.316. The van der Waals surface area contributed by atoms with Crippen LogP contribution < -0.4 is 15.8 Å². The lowest BCUT2D eigenvalue weighted by atomic mass is 9.96. The number of benzene rings is 1. The number of alkyl halides is 3. The Balaban J connectivity index is 1.53. The van der Waals surface area contributed by atoms with Crippen molar-refractivity contribution in [1.82, 2.24) is 15.8 Å². The standard InChI is InChI=1S/C19H17ClF4N4O2/c20-14-9-12(19(22,23)24)10-25-16(14)28-7-5-11(6-8-28)17(29)26-27-18(30)13-3-1-2-4-15(13)21/h1-4,9-11H,5-8H2,(H,26,29)(H,27,30). The van der Waals surface area contributed by atoms with Crippen LogP contribution in [0.1, 0.15) is 28.8 Å². The van der Waals surface area contributed by atoms with Crippen molar-refractivity contribution in [3.8, 4) is 0 Å². The highest BCUT2D eigenvalue weighted by atomic mass is 35.5. The van der Waals surface area contributed by atoms with Gasteiger partial charge in [-0.3, -0.25) is 20.4 Å². The van der Waals surface area contributed by atoms with Crippen LogP contribution in [0.2, 0.25) is 5.02 Å². The van der Waals surface area contributed by atoms with Gasteiger partial charge in [0, 0.05) is 25.2 Å². The number of rotatable bonds is 3. The van der Waals surface area contributed by atoms with Gasteiger partial charge < -0.3 is 4.90 Å². The first-order chi connectivity index (χ1) is 14.2. The van der Waals surface area contributed by atoms with E-state index in [2.05, 4.69) is 15.8 Å². The number of nitrogens with zero attached hydrogens (tertiary/aromatic N) is 2. The molecule has 0 spiro atoms. The Labute approximate surface area is 174 Å². The van der Waals surface area contributed by atoms with Gasteiger partial charge in [0.2, 0.25) is 5.91 Å². The number of hydrogen-bond donors (Lipinski definition) is 2. The number of anilines is 1. The van der Waals surface area contributed by atoms with E-state index in [1.807, 2.05) is 0 Å². The van der Waals surface area contributed by atoms with Crippen LogP contribution in [-0.4, -0.2) is 29.9 Å². The first-order valence-corrected chi connectivity index (χ1v) is 9.37. The van der Waals surface area contributed by atoms with Crippen LogP contribution in [0.5, 0.6) is 0 Å². The lowest BCUT2D eigenvalue weighted by molar-refractivity contribution is -0.137. The van der Waals surface area contributed by atoms with Gasteiger partial charge in [0.1, 0.15) is 11.6 Å². The second kappa shape index (κ2) is 8.86. The minimum Gasteiger partial charge on any atom is -0.355 e. The number of piperidine rings is 1. The maximum Gasteiger partial charge on any atom is 0.417 e. The van der Waals surface area contributed by atoms with Crippen LogP contribution in [0.3, 0.4) is 0 Å². The van der Waals surface area contributed by atoms with E-state index in [0.717, 1.165) is 18.3 Å². The van der Waals surface area contributed by atoms with Crippen LogP contribution in [-0.2, 0) is 11.0 Å². The molecular formula is C19H17ClF4N4O2. The smallest absolute Gasteiger partial charge is 0.355 e. The van der Waals surface area contributed by atoms with Crippen molar-refractivity contribution in [2.75, 3.05) is 18.0 Å². The van der Waals surface area contributed by atoms with Gasteiger partial charge in [-0.05, 0) is 31.0 Å². The maximum absolute atomic E-state index is 13.6. The molecule has 30 heavy (non-hydrogen) atoms. The number of pyridine rings is 1. The summed E-state index contributed by atoms with van der Waals surface area (Å²) in [4.78, 5) is 29.7. The number of carbonyl (C=O) groups excluding carboxylic acids is 2. The molecule has 3 rings (SSSR count). The normalized spacial score (nSPS) is 15.0. The molecule has 2 aromatic rings. The van der Waals surface area contributed by atoms with E-state index in [0.29, 0.717) is 25.9 Å². The zero-order valence-corrected chi connectivity index (χ0v) is 16.2. The van der Waals surface area contributed by atoms with Gasteiger partial charge in [-0.15, -0.1) is 0 Å². The summed E-state index contributed by atoms with van der Waals surface area (Å²) in [6.45, 7) is 0.689. The number of halogens is 5. The zero-order valence-electron chi connectivity index (χ0n) is 15.5. The van der Waals surface area contributed by atoms with Gasteiger partial charge in [-0.1, -0.05) is 23.7 Å². The predicted molar refractivity (Wildman–Crippen MR) is 101 cm³/mol. The Morgan fingerprint density at radius 1 is 1.13 bits per heavy atom. The van der Waals surface area contributed by atoms with Crippen LogP contribution in [0.25, 0.3) is 0 Å². The first-order valence-electron chi connectivity index (χ1n) is 8.99. The van der Waals surface area contributed by atoms with Gasteiger partial charge in [0.15, 0.2) is 0 Å². The summed E-state index contributed by atoms with van der Waals surface area (Å²) in [6.07, 6.45) is -3.06. The fourth-order valence-corrected chi connectivity index (χ4v) is 3.39. The van der Waals surface area contributed by atoms with E-state index in [4.69, 9.17) is 11.6 Å². The first kappa shape index (κ1) is 21.8. The Hall–Kier alpha value is -2.88. The van der Waals surface area contributed by atoms with Gasteiger partial charge in [-0.25, -0.2) is 9.37 Å². The van der Waals surface area contributed by atoms with Gasteiger partial charge >= 0.3 is 6.18 Å². The van der Waals surface area contributed by atoms with Crippen molar-refractivity contribution < 1.29 is 27.2 Å². The van der Waals surface area contributed by atoms with Crippen molar-refractivity contribution >= 4 is 29.2 Å². The minimum atomic E-state index is -4.53. The molecule has 11 heteroatoms. The highest BCUT2D eigenvalue weighted by molar-refractivity contribution is 6.33. The third-order valence-corrected chi connectivity index (χ3v) is 5.01. The molecule has 0 radical (unpaired) electrons. The summed E-state index contributed by atoms with van der Waals surface area (Å²) in [5.74, 6) is -2.14. The predicted octanol–water partition coefficient (Wildman–Crippen LogP) is 3.57. The summed E-state index contributed by atoms with van der Waals surface area (Å²) in [7, 11) is 0. The molecule has 0 atom stereocenters. The molecule has 2 N–H and O–H groups in total. The van der Waals surface area contributed by atoms with Crippen molar-refractivity contribution in [2.45, 2.75) is 19.0 Å². The molecule has 0 aliphatic carbocycles. The quantitative estimate of drug-likeness (QED) is 0.560. The number of hydrazine groups is 1. The van der Waals surface area contributed by atoms with Gasteiger partial charge in [0.05, 0.1) is 16.1 Å². The summed E-state index contributed by atoms with van der Waals surface area (Å²) < 4.78 is 51.8. The average molecular weight is 445 g/mol. The molecule has 2 heterocycles. The Bertz CT molecular complexity index is 946. The second-order valence-corrected chi connectivity index (χ2v) is 7.12. The summed E-state index contributed by atoms with van der Waals surface area (Å²) >= 11 is 5.96. The van der Waals surface area contributed by atoms with Crippen molar-refractivity contribution in [3.05, 3.63) is 58.5 Å². The number of nitrogens with one attached hydrogen (secondary N) is 2. The van der Waals surface area contributed by atoms with Crippen LogP contribution >= 0.6 is 11.6 Å². The largest absolute Gasteiger partial charge is 0.417 e. The fourth-order valence-electron chi connectivity index (χ4n) is 3.11. The van der Waals surface area contributed by atoms with E-state index in [9.17, 15) is 27.2 Å². The molecule has 1 aliphatic heterocycles. The Morgan fingerprint density at radius 3 is 2.40 bits per heavy atom. The molecule has 1 fully saturated rings. The highest BCUT2D eigenvalue weighted by Crippen LogP contribution is 2.34. The number of aromatic nitrogens is 1. The topological polar surface area (TPSA) is 74.3 Å². The lowest BCUT2D eigenvalue weighted by Gasteiger charge is -2.32. The molecule has 1 aliphatic rings. The molecule has 160 valence electrons. The molecule has 1 aromatic carbocycles. The monoisotopic (exact) mass is 444 g/mol. The number of carbonyl (C=O) groups is 2. The average Bonchev–Trinajstić information content (AvgIpc) is 2.71. The number of amides is 2. The molecule has 1 saturated heterocycles. The third-order valence-electron chi connectivity index (χ3n) is 4.73. The van der Waals surface area contributed by atoms with E-state index >= 15 is 0 Å². The summed E-state index contributed by atoms with van der Waals surface area (Å²) in [5.41, 5.74) is 3.32. The molecule has 0 unspecified atom stereocenters. The van der Waals surface area contributed by atoms with Gasteiger partial charge in [-0.2, -0.15) is 13.2 Å². The molecule has 2 amide bonds. The van der Waals surface area contributed by atoms with Crippen LogP contribution in [0.4, 0.5) is 23.4 Å². The van der Waals surface area contributed by atoms with Crippen LogP contribution in [0, 0.1) is 11.7 Å². The minimum absolute atomic E-state index is 0.120. The van der Waals surface area contributed by atoms with Crippen molar-refractivity contribution in [1.29, 1.82) is 0 Å². The summed E-state index contributed by atoms with van der Waals surface area (Å²) in [6, 6.07) is 6.18. The maximum atomic E-state index is 13.6. The highest BCUT2D eigenvalue weighted by Gasteiger charge is 2.33. The molecule has 1 aromatic heterocycles. The number of hydrogen-bond acceptors (Lipinski definition) is 4. The SMILES string of the molecule is O=C(NNC(=O)C1CCN(c2ncc(C(F)(F)F)cc2Cl)CC1)c1ccccc1F. The molecule has 0 bridgehead atoms. The molecular weight excluding hydrogens is 428 g/mol. The third kappa shape index (κ3) is 4.99. The Kier molecular flexibility index (Phi) is 6.45. The van der Waals surface area contributed by atoms with E-state index in [1.165, 1.54) is 18.2 Å². The zero-order chi connectivity index (χ0) is 21.9. The van der Waals surface area contributed by atoms with E-state index in [-0.39, 0.29) is 16.4 Å². The Morgan fingerprint density at radius 2 is 1.80 bits per heavy atom. The van der Waals surface area contributed by atoms with E-state index < -0.39 is 35.3 Å². The lowest BCUT2D eigenvalue weighted by Crippen LogP contribution is -2.47. The van der Waals surface area contributed by atoms with Crippen LogP contribution in [0.15, 0.2) is 36.5 Å². The van der Waals surface area contributed by atoms with Crippen molar-refractivity contribution in [2.24, 2.45) is 5.92 Å². The summed E-state index contributed by atoms with van der Waals surface area (Å²) in [5, 5.41) is -0.120. The molecule has 6 nitrogen and oxygen atoms in total. The van der Waals surface area contributed by atoms with Gasteiger partial charge in [0.25, 0.3) is 5.91 Å². The second-order valence-electron chi connectivity index (χ2n) is 6.71. The van der Waals surface area contributed by atoms with E-state index in [1.54, 1.807) is 4.90 Å². The van der Waals surface area contributed by atoms with Crippen molar-refractivity contribution in [3.63, 3.8) is 0 Å². The molecule has 0 saturated carbocycles.